The van der Waals surface area contributed by atoms with Gasteiger partial charge in [0.15, 0.2) is 0 Å². The van der Waals surface area contributed by atoms with Crippen molar-refractivity contribution in [3.8, 4) is 0 Å². The van der Waals surface area contributed by atoms with Crippen molar-refractivity contribution < 1.29 is 9.21 Å². The van der Waals surface area contributed by atoms with E-state index in [2.05, 4.69) is 15.5 Å². The Kier molecular flexibility index (Phi) is 4.60. The Morgan fingerprint density at radius 2 is 2.24 bits per heavy atom. The molecule has 0 saturated carbocycles. The molecule has 2 fully saturated rings. The minimum atomic E-state index is -0.0115. The van der Waals surface area contributed by atoms with E-state index in [9.17, 15) is 4.79 Å². The van der Waals surface area contributed by atoms with Gasteiger partial charge in [-0.2, -0.15) is 0 Å². The van der Waals surface area contributed by atoms with Crippen molar-refractivity contribution in [1.82, 2.24) is 15.5 Å². The van der Waals surface area contributed by atoms with Gasteiger partial charge >= 0.3 is 0 Å². The quantitative estimate of drug-likeness (QED) is 0.865. The molecule has 5 heteroatoms. The van der Waals surface area contributed by atoms with Crippen LogP contribution in [0.4, 0.5) is 0 Å². The van der Waals surface area contributed by atoms with E-state index in [-0.39, 0.29) is 18.0 Å². The van der Waals surface area contributed by atoms with Gasteiger partial charge in [0.05, 0.1) is 12.1 Å². The highest BCUT2D eigenvalue weighted by atomic mass is 16.3. The average molecular weight is 291 g/mol. The molecule has 2 saturated heterocycles. The van der Waals surface area contributed by atoms with Gasteiger partial charge in [-0.1, -0.05) is 0 Å². The first-order chi connectivity index (χ1) is 10.2. The van der Waals surface area contributed by atoms with Gasteiger partial charge in [-0.05, 0) is 64.4 Å². The number of nitrogens with one attached hydrogen (secondary N) is 2. The summed E-state index contributed by atoms with van der Waals surface area (Å²) >= 11 is 0. The van der Waals surface area contributed by atoms with E-state index in [4.69, 9.17) is 4.42 Å². The molecule has 1 aromatic heterocycles. The summed E-state index contributed by atoms with van der Waals surface area (Å²) in [4.78, 5) is 14.6. The lowest BCUT2D eigenvalue weighted by atomic mass is 10.1. The van der Waals surface area contributed by atoms with Crippen molar-refractivity contribution in [3.05, 3.63) is 23.7 Å². The number of amides is 1. The molecule has 2 unspecified atom stereocenters. The first-order valence-corrected chi connectivity index (χ1v) is 8.05. The molecule has 2 aliphatic rings. The minimum absolute atomic E-state index is 0.0115. The number of likely N-dealkylation sites (tertiary alicyclic amines) is 1. The molecule has 1 aromatic rings. The van der Waals surface area contributed by atoms with Gasteiger partial charge < -0.3 is 15.1 Å². The van der Waals surface area contributed by atoms with E-state index in [1.165, 1.54) is 12.8 Å². The van der Waals surface area contributed by atoms with Crippen LogP contribution in [0.3, 0.4) is 0 Å². The van der Waals surface area contributed by atoms with Crippen molar-refractivity contribution in [3.63, 3.8) is 0 Å². The van der Waals surface area contributed by atoms with Gasteiger partial charge in [0.25, 0.3) is 0 Å². The van der Waals surface area contributed by atoms with Gasteiger partial charge in [-0.15, -0.1) is 0 Å². The molecule has 0 aromatic carbocycles. The summed E-state index contributed by atoms with van der Waals surface area (Å²) in [6.45, 7) is 5.71. The summed E-state index contributed by atoms with van der Waals surface area (Å²) in [5.41, 5.74) is 0. The highest BCUT2D eigenvalue weighted by Gasteiger charge is 2.28. The first-order valence-electron chi connectivity index (χ1n) is 8.05. The van der Waals surface area contributed by atoms with Gasteiger partial charge in [-0.3, -0.25) is 9.69 Å². The zero-order chi connectivity index (χ0) is 14.7. The van der Waals surface area contributed by atoms with Crippen LogP contribution in [-0.2, 0) is 4.79 Å². The molecule has 0 aliphatic carbocycles. The molecule has 116 valence electrons. The number of aryl methyl sites for hydroxylation is 1. The monoisotopic (exact) mass is 291 g/mol. The van der Waals surface area contributed by atoms with Crippen LogP contribution in [-0.4, -0.2) is 43.0 Å². The van der Waals surface area contributed by atoms with E-state index >= 15 is 0 Å². The first kappa shape index (κ1) is 14.6. The molecule has 0 bridgehead atoms. The van der Waals surface area contributed by atoms with Crippen LogP contribution in [0.25, 0.3) is 0 Å². The predicted octanol–water partition coefficient (Wildman–Crippen LogP) is 1.59. The van der Waals surface area contributed by atoms with Crippen LogP contribution in [0.1, 0.15) is 43.2 Å². The topological polar surface area (TPSA) is 57.5 Å². The molecular formula is C16H25N3O2. The van der Waals surface area contributed by atoms with Crippen molar-refractivity contribution in [2.75, 3.05) is 26.2 Å². The Morgan fingerprint density at radius 3 is 2.86 bits per heavy atom. The number of hydrogen-bond acceptors (Lipinski definition) is 4. The maximum atomic E-state index is 12.2. The standard InChI is InChI=1S/C16H25N3O2/c1-12-6-7-15(21-12)14(19-9-2-3-10-19)11-18-16(20)13-5-4-8-17-13/h6-7,13-14,17H,2-5,8-11H2,1H3,(H,18,20). The van der Waals surface area contributed by atoms with Crippen LogP contribution in [0.2, 0.25) is 0 Å². The Hall–Kier alpha value is -1.33. The molecule has 2 atom stereocenters. The average Bonchev–Trinajstić information content (AvgIpc) is 3.21. The van der Waals surface area contributed by atoms with Crippen LogP contribution in [0.15, 0.2) is 16.5 Å². The SMILES string of the molecule is Cc1ccc(C(CNC(=O)C2CCCN2)N2CCCC2)o1. The number of carbonyl (C=O) groups excluding carboxylic acids is 1. The lowest BCUT2D eigenvalue weighted by molar-refractivity contribution is -0.123. The molecule has 3 rings (SSSR count). The summed E-state index contributed by atoms with van der Waals surface area (Å²) < 4.78 is 5.81. The molecule has 2 N–H and O–H groups in total. The Bertz CT molecular complexity index is 474. The number of rotatable bonds is 5. The maximum Gasteiger partial charge on any atom is 0.237 e. The minimum Gasteiger partial charge on any atom is -0.465 e. The van der Waals surface area contributed by atoms with Crippen LogP contribution in [0, 0.1) is 6.92 Å². The third-order valence-electron chi connectivity index (χ3n) is 4.52. The van der Waals surface area contributed by atoms with E-state index in [1.54, 1.807) is 0 Å². The molecule has 2 aliphatic heterocycles. The number of hydrogen-bond donors (Lipinski definition) is 2. The Balaban J connectivity index is 1.63. The van der Waals surface area contributed by atoms with E-state index in [1.807, 2.05) is 19.1 Å². The summed E-state index contributed by atoms with van der Waals surface area (Å²) in [7, 11) is 0. The van der Waals surface area contributed by atoms with Crippen molar-refractivity contribution >= 4 is 5.91 Å². The summed E-state index contributed by atoms with van der Waals surface area (Å²) in [5.74, 6) is 2.02. The van der Waals surface area contributed by atoms with Gasteiger partial charge in [0.1, 0.15) is 11.5 Å². The van der Waals surface area contributed by atoms with E-state index < -0.39 is 0 Å². The van der Waals surface area contributed by atoms with Crippen molar-refractivity contribution in [1.29, 1.82) is 0 Å². The molecule has 5 nitrogen and oxygen atoms in total. The van der Waals surface area contributed by atoms with E-state index in [0.717, 1.165) is 44.0 Å². The molecule has 0 radical (unpaired) electrons. The number of furan rings is 1. The Morgan fingerprint density at radius 1 is 1.43 bits per heavy atom. The second-order valence-corrected chi connectivity index (χ2v) is 6.10. The van der Waals surface area contributed by atoms with Gasteiger partial charge in [-0.25, -0.2) is 0 Å². The lowest BCUT2D eigenvalue weighted by Crippen LogP contribution is -2.44. The molecule has 3 heterocycles. The number of carbonyl (C=O) groups is 1. The summed E-state index contributed by atoms with van der Waals surface area (Å²) in [6, 6.07) is 4.19. The maximum absolute atomic E-state index is 12.2. The van der Waals surface area contributed by atoms with Crippen molar-refractivity contribution in [2.24, 2.45) is 0 Å². The lowest BCUT2D eigenvalue weighted by Gasteiger charge is -2.26. The Labute approximate surface area is 126 Å². The molecular weight excluding hydrogens is 266 g/mol. The van der Waals surface area contributed by atoms with Gasteiger partial charge in [0.2, 0.25) is 5.91 Å². The second kappa shape index (κ2) is 6.62. The van der Waals surface area contributed by atoms with Crippen molar-refractivity contribution in [2.45, 2.75) is 44.7 Å². The summed E-state index contributed by atoms with van der Waals surface area (Å²) in [6.07, 6.45) is 4.49. The highest BCUT2D eigenvalue weighted by molar-refractivity contribution is 5.82. The summed E-state index contributed by atoms with van der Waals surface area (Å²) in [5, 5.41) is 6.35. The molecule has 0 spiro atoms. The third-order valence-corrected chi connectivity index (χ3v) is 4.52. The zero-order valence-electron chi connectivity index (χ0n) is 12.7. The third kappa shape index (κ3) is 3.47. The van der Waals surface area contributed by atoms with E-state index in [0.29, 0.717) is 6.54 Å². The van der Waals surface area contributed by atoms with Crippen LogP contribution >= 0.6 is 0 Å². The smallest absolute Gasteiger partial charge is 0.237 e. The fourth-order valence-corrected chi connectivity index (χ4v) is 3.32. The fraction of sp³-hybridized carbons (Fsp3) is 0.688. The molecule has 21 heavy (non-hydrogen) atoms. The normalized spacial score (nSPS) is 24.3. The van der Waals surface area contributed by atoms with Crippen LogP contribution < -0.4 is 10.6 Å². The largest absolute Gasteiger partial charge is 0.465 e. The number of nitrogens with zero attached hydrogens (tertiary/aromatic N) is 1. The highest BCUT2D eigenvalue weighted by Crippen LogP contribution is 2.26. The van der Waals surface area contributed by atoms with Gasteiger partial charge in [0, 0.05) is 6.54 Å². The predicted molar refractivity (Wildman–Crippen MR) is 81.0 cm³/mol. The fourth-order valence-electron chi connectivity index (χ4n) is 3.32. The zero-order valence-corrected chi connectivity index (χ0v) is 12.7. The molecule has 1 amide bonds. The van der Waals surface area contributed by atoms with Crippen LogP contribution in [0.5, 0.6) is 0 Å². The second-order valence-electron chi connectivity index (χ2n) is 6.10.